The van der Waals surface area contributed by atoms with Crippen LogP contribution in [0.5, 0.6) is 5.75 Å². The van der Waals surface area contributed by atoms with Gasteiger partial charge in [0.15, 0.2) is 5.82 Å². The van der Waals surface area contributed by atoms with Gasteiger partial charge in [0.1, 0.15) is 11.8 Å². The number of para-hydroxylation sites is 2. The van der Waals surface area contributed by atoms with Crippen molar-refractivity contribution in [2.75, 3.05) is 38.2 Å². The van der Waals surface area contributed by atoms with E-state index in [0.717, 1.165) is 61.4 Å². The molecule has 1 saturated heterocycles. The smallest absolute Gasteiger partial charge is 0.253 e. The Morgan fingerprint density at radius 3 is 2.53 bits per heavy atom. The van der Waals surface area contributed by atoms with Gasteiger partial charge in [0, 0.05) is 37.3 Å². The Morgan fingerprint density at radius 1 is 1.05 bits per heavy atom. The van der Waals surface area contributed by atoms with Gasteiger partial charge >= 0.3 is 0 Å². The van der Waals surface area contributed by atoms with Crippen LogP contribution in [-0.4, -0.2) is 63.4 Å². The first-order valence-electron chi connectivity index (χ1n) is 13.4. The van der Waals surface area contributed by atoms with E-state index in [2.05, 4.69) is 76.2 Å². The molecule has 1 aliphatic heterocycles. The van der Waals surface area contributed by atoms with Crippen LogP contribution < -0.4 is 15.2 Å². The number of tetrazole rings is 1. The molecule has 1 unspecified atom stereocenters. The minimum Gasteiger partial charge on any atom is -0.495 e. The molecular weight excluding hydrogens is 478 g/mol. The third kappa shape index (κ3) is 4.78. The van der Waals surface area contributed by atoms with Gasteiger partial charge in [-0.15, -0.1) is 5.10 Å². The first-order valence-corrected chi connectivity index (χ1v) is 13.4. The van der Waals surface area contributed by atoms with Gasteiger partial charge in [0.25, 0.3) is 5.56 Å². The van der Waals surface area contributed by atoms with E-state index in [-0.39, 0.29) is 17.1 Å². The molecule has 9 heteroatoms. The maximum Gasteiger partial charge on any atom is 0.253 e. The van der Waals surface area contributed by atoms with E-state index >= 15 is 0 Å². The van der Waals surface area contributed by atoms with Crippen LogP contribution in [-0.2, 0) is 12.0 Å². The molecule has 5 rings (SSSR count). The first-order chi connectivity index (χ1) is 18.4. The maximum absolute atomic E-state index is 13.6. The number of pyridine rings is 1. The monoisotopic (exact) mass is 515 g/mol. The number of H-pyrrole nitrogens is 1. The van der Waals surface area contributed by atoms with Crippen LogP contribution in [0.2, 0.25) is 0 Å². The molecule has 4 aromatic rings. The zero-order valence-corrected chi connectivity index (χ0v) is 22.9. The second-order valence-electron chi connectivity index (χ2n) is 10.5. The van der Waals surface area contributed by atoms with E-state index in [4.69, 9.17) is 4.74 Å². The SMILES string of the molecule is CCc1ccc2[nH]c(=O)c(C(c3nnnn3C(C)(C)CC)N3CCN(c4ccccc4OC)CC3)cc2c1. The Morgan fingerprint density at radius 2 is 1.82 bits per heavy atom. The molecule has 1 atom stereocenters. The molecule has 0 radical (unpaired) electrons. The van der Waals surface area contributed by atoms with Gasteiger partial charge < -0.3 is 14.6 Å². The Balaban J connectivity index is 1.57. The Bertz CT molecular complexity index is 1470. The zero-order chi connectivity index (χ0) is 26.9. The fourth-order valence-corrected chi connectivity index (χ4v) is 5.25. The third-order valence-corrected chi connectivity index (χ3v) is 7.92. The number of hydrogen-bond donors (Lipinski definition) is 1. The number of aryl methyl sites for hydroxylation is 1. The molecule has 1 fully saturated rings. The number of ether oxygens (including phenoxy) is 1. The number of aromatic amines is 1. The van der Waals surface area contributed by atoms with Crippen molar-refractivity contribution >= 4 is 16.6 Å². The Labute approximate surface area is 223 Å². The molecule has 0 bridgehead atoms. The van der Waals surface area contributed by atoms with Crippen molar-refractivity contribution in [3.63, 3.8) is 0 Å². The molecule has 3 heterocycles. The van der Waals surface area contributed by atoms with Crippen LogP contribution in [0.3, 0.4) is 0 Å². The highest BCUT2D eigenvalue weighted by Crippen LogP contribution is 2.33. The van der Waals surface area contributed by atoms with E-state index in [1.54, 1.807) is 7.11 Å². The second kappa shape index (κ2) is 10.6. The predicted octanol–water partition coefficient (Wildman–Crippen LogP) is 4.14. The summed E-state index contributed by atoms with van der Waals surface area (Å²) in [5, 5.41) is 14.0. The first kappa shape index (κ1) is 25.9. The van der Waals surface area contributed by atoms with E-state index in [9.17, 15) is 4.79 Å². The van der Waals surface area contributed by atoms with Crippen molar-refractivity contribution in [1.29, 1.82) is 0 Å². The van der Waals surface area contributed by atoms with Crippen LogP contribution in [0.15, 0.2) is 53.3 Å². The lowest BCUT2D eigenvalue weighted by molar-refractivity contribution is 0.186. The topological polar surface area (TPSA) is 92.2 Å². The summed E-state index contributed by atoms with van der Waals surface area (Å²) in [5.41, 5.74) is 3.41. The number of nitrogens with zero attached hydrogens (tertiary/aromatic N) is 6. The number of fused-ring (bicyclic) bond motifs is 1. The van der Waals surface area contributed by atoms with Gasteiger partial charge in [0.05, 0.1) is 18.3 Å². The lowest BCUT2D eigenvalue weighted by Gasteiger charge is -2.40. The van der Waals surface area contributed by atoms with Crippen LogP contribution in [0.4, 0.5) is 5.69 Å². The van der Waals surface area contributed by atoms with E-state index in [1.807, 2.05) is 35.0 Å². The number of nitrogens with one attached hydrogen (secondary N) is 1. The molecule has 38 heavy (non-hydrogen) atoms. The minimum absolute atomic E-state index is 0.109. The van der Waals surface area contributed by atoms with Crippen molar-refractivity contribution in [3.8, 4) is 5.75 Å². The van der Waals surface area contributed by atoms with Crippen LogP contribution in [0, 0.1) is 0 Å². The van der Waals surface area contributed by atoms with Gasteiger partial charge in [-0.25, -0.2) is 4.68 Å². The van der Waals surface area contributed by atoms with Crippen LogP contribution in [0.1, 0.15) is 57.1 Å². The lowest BCUT2D eigenvalue weighted by atomic mass is 9.98. The second-order valence-corrected chi connectivity index (χ2v) is 10.5. The number of hydrogen-bond acceptors (Lipinski definition) is 7. The number of aromatic nitrogens is 5. The summed E-state index contributed by atoms with van der Waals surface area (Å²) in [6.45, 7) is 11.6. The van der Waals surface area contributed by atoms with Crippen molar-refractivity contribution in [3.05, 3.63) is 75.8 Å². The highest BCUT2D eigenvalue weighted by atomic mass is 16.5. The molecule has 200 valence electrons. The lowest BCUT2D eigenvalue weighted by Crippen LogP contribution is -2.49. The Hall–Kier alpha value is -3.72. The molecule has 0 aliphatic carbocycles. The predicted molar refractivity (Wildman–Crippen MR) is 150 cm³/mol. The van der Waals surface area contributed by atoms with Gasteiger partial charge in [-0.2, -0.15) is 0 Å². The summed E-state index contributed by atoms with van der Waals surface area (Å²) in [5.74, 6) is 1.56. The molecular formula is C29H37N7O2. The summed E-state index contributed by atoms with van der Waals surface area (Å²) >= 11 is 0. The molecule has 0 saturated carbocycles. The summed E-state index contributed by atoms with van der Waals surface area (Å²) in [4.78, 5) is 21.4. The standard InChI is InChI=1S/C29H37N7O2/c1-6-20-12-13-23-21(18-20)19-22(28(37)30-23)26(27-31-32-33-36(27)29(3,4)7-2)35-16-14-34(15-17-35)24-10-8-9-11-25(24)38-5/h8-13,18-19,26H,6-7,14-17H2,1-5H3,(H,30,37). The normalized spacial score (nSPS) is 15.7. The molecule has 1 N–H and O–H groups in total. The van der Waals surface area contributed by atoms with Crippen molar-refractivity contribution < 1.29 is 4.74 Å². The van der Waals surface area contributed by atoms with E-state index < -0.39 is 0 Å². The number of anilines is 1. The summed E-state index contributed by atoms with van der Waals surface area (Å²) in [6, 6.07) is 16.0. The molecule has 0 amide bonds. The average molecular weight is 516 g/mol. The van der Waals surface area contributed by atoms with Crippen molar-refractivity contribution in [2.24, 2.45) is 0 Å². The van der Waals surface area contributed by atoms with Crippen molar-refractivity contribution in [2.45, 2.75) is 52.1 Å². The fraction of sp³-hybridized carbons (Fsp3) is 0.448. The number of methoxy groups -OCH3 is 1. The molecule has 9 nitrogen and oxygen atoms in total. The maximum atomic E-state index is 13.6. The highest BCUT2D eigenvalue weighted by molar-refractivity contribution is 5.80. The summed E-state index contributed by atoms with van der Waals surface area (Å²) in [6.07, 6.45) is 1.79. The quantitative estimate of drug-likeness (QED) is 0.377. The number of benzene rings is 2. The zero-order valence-electron chi connectivity index (χ0n) is 22.9. The van der Waals surface area contributed by atoms with Crippen molar-refractivity contribution in [1.82, 2.24) is 30.1 Å². The highest BCUT2D eigenvalue weighted by Gasteiger charge is 2.36. The van der Waals surface area contributed by atoms with Gasteiger partial charge in [-0.1, -0.05) is 32.0 Å². The number of rotatable bonds is 8. The molecule has 2 aromatic carbocycles. The van der Waals surface area contributed by atoms with E-state index in [0.29, 0.717) is 11.4 Å². The summed E-state index contributed by atoms with van der Waals surface area (Å²) in [7, 11) is 1.70. The minimum atomic E-state index is -0.380. The largest absolute Gasteiger partial charge is 0.495 e. The molecule has 2 aromatic heterocycles. The number of piperazine rings is 1. The van der Waals surface area contributed by atoms with Gasteiger partial charge in [0.2, 0.25) is 0 Å². The molecule has 0 spiro atoms. The Kier molecular flexibility index (Phi) is 7.21. The van der Waals surface area contributed by atoms with Gasteiger partial charge in [-0.3, -0.25) is 9.69 Å². The van der Waals surface area contributed by atoms with E-state index in [1.165, 1.54) is 5.56 Å². The van der Waals surface area contributed by atoms with Crippen LogP contribution >= 0.6 is 0 Å². The third-order valence-electron chi connectivity index (χ3n) is 7.92. The summed E-state index contributed by atoms with van der Waals surface area (Å²) < 4.78 is 7.51. The van der Waals surface area contributed by atoms with Crippen LogP contribution in [0.25, 0.3) is 10.9 Å². The fourth-order valence-electron chi connectivity index (χ4n) is 5.25. The van der Waals surface area contributed by atoms with Gasteiger partial charge in [-0.05, 0) is 78.4 Å². The average Bonchev–Trinajstić information content (AvgIpc) is 3.44. The molecule has 1 aliphatic rings.